The molecule has 3 rings (SSSR count). The van der Waals surface area contributed by atoms with Crippen LogP contribution >= 0.6 is 0 Å². The maximum atomic E-state index is 13.3. The summed E-state index contributed by atoms with van der Waals surface area (Å²) in [5, 5.41) is 9.76. The summed E-state index contributed by atoms with van der Waals surface area (Å²) in [4.78, 5) is 19.1. The van der Waals surface area contributed by atoms with E-state index < -0.39 is 11.6 Å². The van der Waals surface area contributed by atoms with Crippen LogP contribution in [0.25, 0.3) is 0 Å². The van der Waals surface area contributed by atoms with E-state index in [2.05, 4.69) is 16.8 Å². The summed E-state index contributed by atoms with van der Waals surface area (Å²) in [7, 11) is 2.13. The molecule has 2 saturated heterocycles. The molecule has 2 atom stereocenters. The van der Waals surface area contributed by atoms with E-state index in [4.69, 9.17) is 0 Å². The average molecular weight is 381 g/mol. The fourth-order valence-electron chi connectivity index (χ4n) is 4.17. The number of carbonyl (C=O) groups is 1. The second kappa shape index (κ2) is 9.08. The van der Waals surface area contributed by atoms with E-state index in [1.54, 1.807) is 4.90 Å². The molecule has 150 valence electrons. The van der Waals surface area contributed by atoms with E-state index in [1.807, 2.05) is 0 Å². The van der Waals surface area contributed by atoms with Crippen molar-refractivity contribution < 1.29 is 18.7 Å². The zero-order valence-corrected chi connectivity index (χ0v) is 15.9. The zero-order valence-electron chi connectivity index (χ0n) is 15.9. The topological polar surface area (TPSA) is 47.0 Å². The van der Waals surface area contributed by atoms with Crippen LogP contribution in [0.3, 0.4) is 0 Å². The third kappa shape index (κ3) is 5.46. The van der Waals surface area contributed by atoms with Gasteiger partial charge in [-0.05, 0) is 50.2 Å². The van der Waals surface area contributed by atoms with Gasteiger partial charge in [-0.15, -0.1) is 0 Å². The number of aliphatic hydroxyl groups excluding tert-OH is 1. The molecule has 27 heavy (non-hydrogen) atoms. The van der Waals surface area contributed by atoms with E-state index in [9.17, 15) is 18.7 Å². The van der Waals surface area contributed by atoms with E-state index in [1.165, 1.54) is 12.1 Å². The molecule has 7 heteroatoms. The quantitative estimate of drug-likeness (QED) is 0.833. The molecule has 0 radical (unpaired) electrons. The van der Waals surface area contributed by atoms with Crippen molar-refractivity contribution in [1.82, 2.24) is 14.7 Å². The lowest BCUT2D eigenvalue weighted by Crippen LogP contribution is -2.36. The molecule has 2 aliphatic rings. The van der Waals surface area contributed by atoms with Crippen molar-refractivity contribution in [1.29, 1.82) is 0 Å². The fourth-order valence-corrected chi connectivity index (χ4v) is 4.17. The second-order valence-corrected chi connectivity index (χ2v) is 7.91. The third-order valence-corrected chi connectivity index (χ3v) is 5.75. The summed E-state index contributed by atoms with van der Waals surface area (Å²) in [5.74, 6) is -1.20. The van der Waals surface area contributed by atoms with Crippen LogP contribution in [0.15, 0.2) is 18.2 Å². The van der Waals surface area contributed by atoms with E-state index in [0.717, 1.165) is 45.2 Å². The highest BCUT2D eigenvalue weighted by molar-refractivity contribution is 5.79. The number of rotatable bonds is 5. The van der Waals surface area contributed by atoms with Crippen molar-refractivity contribution in [3.05, 3.63) is 35.4 Å². The highest BCUT2D eigenvalue weighted by atomic mass is 19.1. The van der Waals surface area contributed by atoms with E-state index >= 15 is 0 Å². The summed E-state index contributed by atoms with van der Waals surface area (Å²) in [6.45, 7) is 6.19. The minimum Gasteiger partial charge on any atom is -0.396 e. The molecule has 0 bridgehead atoms. The largest absolute Gasteiger partial charge is 0.396 e. The summed E-state index contributed by atoms with van der Waals surface area (Å²) >= 11 is 0. The smallest absolute Gasteiger partial charge is 0.227 e. The number of likely N-dealkylation sites (N-methyl/N-ethyl adjacent to an activating group) is 1. The van der Waals surface area contributed by atoms with Crippen molar-refractivity contribution in [2.24, 2.45) is 11.8 Å². The number of amides is 1. The molecule has 2 fully saturated rings. The number of likely N-dealkylation sites (tertiary alicyclic amines) is 1. The maximum Gasteiger partial charge on any atom is 0.227 e. The summed E-state index contributed by atoms with van der Waals surface area (Å²) in [5.41, 5.74) is 0.344. The average Bonchev–Trinajstić information content (AvgIpc) is 2.90. The molecular formula is C20H29F2N3O2. The minimum atomic E-state index is -0.670. The van der Waals surface area contributed by atoms with Gasteiger partial charge in [0.2, 0.25) is 5.91 Å². The Kier molecular flexibility index (Phi) is 6.78. The van der Waals surface area contributed by atoms with Crippen LogP contribution in [0.5, 0.6) is 0 Å². The summed E-state index contributed by atoms with van der Waals surface area (Å²) in [6, 6.07) is 3.21. The van der Waals surface area contributed by atoms with Gasteiger partial charge in [0, 0.05) is 51.3 Å². The van der Waals surface area contributed by atoms with Gasteiger partial charge in [-0.25, -0.2) is 8.78 Å². The third-order valence-electron chi connectivity index (χ3n) is 5.75. The summed E-state index contributed by atoms with van der Waals surface area (Å²) in [6.07, 6.45) is 1.11. The lowest BCUT2D eigenvalue weighted by Gasteiger charge is -2.26. The SMILES string of the molecule is CN1CCCN(C[C@@H]2CN(C(=O)Cc3cc(F)cc(F)c3)C[C@@H]2CO)CC1. The molecule has 2 aliphatic heterocycles. The van der Waals surface area contributed by atoms with Crippen LogP contribution in [0.4, 0.5) is 8.78 Å². The monoisotopic (exact) mass is 381 g/mol. The van der Waals surface area contributed by atoms with Crippen LogP contribution in [0.1, 0.15) is 12.0 Å². The Morgan fingerprint density at radius 3 is 2.48 bits per heavy atom. The number of halogens is 2. The number of hydrogen-bond donors (Lipinski definition) is 1. The van der Waals surface area contributed by atoms with Crippen LogP contribution < -0.4 is 0 Å². The Balaban J connectivity index is 1.58. The second-order valence-electron chi connectivity index (χ2n) is 7.91. The normalized spacial score (nSPS) is 25.0. The van der Waals surface area contributed by atoms with Crippen molar-refractivity contribution >= 4 is 5.91 Å². The molecule has 0 saturated carbocycles. The molecular weight excluding hydrogens is 352 g/mol. The first-order valence-electron chi connectivity index (χ1n) is 9.69. The van der Waals surface area contributed by atoms with Gasteiger partial charge < -0.3 is 19.8 Å². The molecule has 1 aromatic rings. The number of aliphatic hydroxyl groups is 1. The highest BCUT2D eigenvalue weighted by Crippen LogP contribution is 2.25. The van der Waals surface area contributed by atoms with Crippen LogP contribution in [-0.2, 0) is 11.2 Å². The van der Waals surface area contributed by atoms with Gasteiger partial charge in [-0.1, -0.05) is 0 Å². The lowest BCUT2D eigenvalue weighted by molar-refractivity contribution is -0.129. The molecule has 0 aromatic heterocycles. The number of hydrogen-bond acceptors (Lipinski definition) is 4. The van der Waals surface area contributed by atoms with Gasteiger partial charge in [-0.2, -0.15) is 0 Å². The van der Waals surface area contributed by atoms with Gasteiger partial charge in [-0.3, -0.25) is 4.79 Å². The van der Waals surface area contributed by atoms with Gasteiger partial charge in [0.05, 0.1) is 6.42 Å². The van der Waals surface area contributed by atoms with Crippen molar-refractivity contribution in [3.8, 4) is 0 Å². The highest BCUT2D eigenvalue weighted by Gasteiger charge is 2.35. The van der Waals surface area contributed by atoms with Gasteiger partial charge >= 0.3 is 0 Å². The Labute approximate surface area is 159 Å². The molecule has 2 heterocycles. The molecule has 0 unspecified atom stereocenters. The van der Waals surface area contributed by atoms with Crippen LogP contribution in [0.2, 0.25) is 0 Å². The zero-order chi connectivity index (χ0) is 19.4. The maximum absolute atomic E-state index is 13.3. The number of nitrogens with zero attached hydrogens (tertiary/aromatic N) is 3. The number of carbonyl (C=O) groups excluding carboxylic acids is 1. The molecule has 5 nitrogen and oxygen atoms in total. The summed E-state index contributed by atoms with van der Waals surface area (Å²) < 4.78 is 26.7. The van der Waals surface area contributed by atoms with Gasteiger partial charge in [0.25, 0.3) is 0 Å². The first kappa shape index (κ1) is 20.2. The van der Waals surface area contributed by atoms with Gasteiger partial charge in [0.15, 0.2) is 0 Å². The van der Waals surface area contributed by atoms with Gasteiger partial charge in [0.1, 0.15) is 11.6 Å². The molecule has 1 N–H and O–H groups in total. The Bertz CT molecular complexity index is 638. The van der Waals surface area contributed by atoms with E-state index in [-0.39, 0.29) is 30.8 Å². The Morgan fingerprint density at radius 2 is 1.78 bits per heavy atom. The van der Waals surface area contributed by atoms with Crippen molar-refractivity contribution in [3.63, 3.8) is 0 Å². The predicted octanol–water partition coefficient (Wildman–Crippen LogP) is 1.21. The van der Waals surface area contributed by atoms with Crippen molar-refractivity contribution in [2.75, 3.05) is 59.5 Å². The Hall–Kier alpha value is -1.57. The van der Waals surface area contributed by atoms with E-state index in [0.29, 0.717) is 18.7 Å². The molecule has 1 amide bonds. The minimum absolute atomic E-state index is 0.0198. The lowest BCUT2D eigenvalue weighted by atomic mass is 9.96. The molecule has 0 spiro atoms. The predicted molar refractivity (Wildman–Crippen MR) is 99.3 cm³/mol. The standard InChI is InChI=1S/C20H29F2N3O2/c1-23-3-2-4-24(6-5-23)11-16-12-25(13-17(16)14-26)20(27)9-15-7-18(21)10-19(22)8-15/h7-8,10,16-17,26H,2-6,9,11-14H2,1H3/t16-,17-/m1/s1. The van der Waals surface area contributed by atoms with Crippen molar-refractivity contribution in [2.45, 2.75) is 12.8 Å². The fraction of sp³-hybridized carbons (Fsp3) is 0.650. The first-order chi connectivity index (χ1) is 12.9. The first-order valence-corrected chi connectivity index (χ1v) is 9.69. The number of benzene rings is 1. The van der Waals surface area contributed by atoms with Crippen LogP contribution in [-0.4, -0.2) is 85.2 Å². The van der Waals surface area contributed by atoms with Crippen LogP contribution in [0, 0.1) is 23.5 Å². The molecule has 0 aliphatic carbocycles. The Morgan fingerprint density at radius 1 is 1.07 bits per heavy atom. The molecule has 1 aromatic carbocycles.